The van der Waals surface area contributed by atoms with Crippen LogP contribution in [0.15, 0.2) is 42.5 Å². The van der Waals surface area contributed by atoms with Gasteiger partial charge in [-0.15, -0.1) is 0 Å². The van der Waals surface area contributed by atoms with Crippen molar-refractivity contribution in [3.63, 3.8) is 0 Å². The molecular weight excluding hydrogens is 252 g/mol. The molecule has 2 heterocycles. The zero-order chi connectivity index (χ0) is 14.2. The van der Waals surface area contributed by atoms with Crippen LogP contribution >= 0.6 is 0 Å². The standard InChI is InChI=1S/C16H20N2O2/c1-13(2)15(19)18-9-8-17(16(18)11-20-12-16)10-14-6-4-3-5-7-14/h3-7H,1,8-12H2,2H3. The Labute approximate surface area is 119 Å². The van der Waals surface area contributed by atoms with Crippen molar-refractivity contribution in [1.82, 2.24) is 9.80 Å². The van der Waals surface area contributed by atoms with Gasteiger partial charge in [0, 0.05) is 25.2 Å². The Morgan fingerprint density at radius 1 is 1.30 bits per heavy atom. The zero-order valence-electron chi connectivity index (χ0n) is 11.8. The van der Waals surface area contributed by atoms with E-state index in [4.69, 9.17) is 4.74 Å². The van der Waals surface area contributed by atoms with Crippen LogP contribution < -0.4 is 0 Å². The lowest BCUT2D eigenvalue weighted by atomic mass is 10.0. The van der Waals surface area contributed by atoms with Crippen LogP contribution in [-0.4, -0.2) is 47.7 Å². The van der Waals surface area contributed by atoms with Crippen LogP contribution in [0, 0.1) is 0 Å². The van der Waals surface area contributed by atoms with Gasteiger partial charge in [0.25, 0.3) is 5.91 Å². The topological polar surface area (TPSA) is 32.8 Å². The predicted octanol–water partition coefficient (Wildman–Crippen LogP) is 1.63. The minimum Gasteiger partial charge on any atom is -0.374 e. The molecule has 20 heavy (non-hydrogen) atoms. The monoisotopic (exact) mass is 272 g/mol. The molecule has 1 amide bonds. The lowest BCUT2D eigenvalue weighted by Crippen LogP contribution is -2.67. The Morgan fingerprint density at radius 2 is 2.00 bits per heavy atom. The van der Waals surface area contributed by atoms with Gasteiger partial charge in [0.05, 0.1) is 13.2 Å². The van der Waals surface area contributed by atoms with E-state index < -0.39 is 0 Å². The maximum atomic E-state index is 12.3. The van der Waals surface area contributed by atoms with Crippen LogP contribution in [0.25, 0.3) is 0 Å². The fourth-order valence-corrected chi connectivity index (χ4v) is 2.98. The highest BCUT2D eigenvalue weighted by Crippen LogP contribution is 2.35. The molecule has 1 spiro atoms. The molecule has 0 bridgehead atoms. The third kappa shape index (κ3) is 2.05. The minimum atomic E-state index is -0.258. The molecule has 2 aliphatic heterocycles. The molecule has 3 rings (SSSR count). The molecule has 1 aromatic rings. The average Bonchev–Trinajstić information content (AvgIpc) is 2.78. The first-order chi connectivity index (χ1) is 9.63. The molecule has 1 aromatic carbocycles. The van der Waals surface area contributed by atoms with Crippen molar-refractivity contribution in [1.29, 1.82) is 0 Å². The first-order valence-electron chi connectivity index (χ1n) is 6.98. The third-order valence-corrected chi connectivity index (χ3v) is 4.18. The minimum absolute atomic E-state index is 0.0452. The summed E-state index contributed by atoms with van der Waals surface area (Å²) < 4.78 is 5.42. The van der Waals surface area contributed by atoms with Crippen molar-refractivity contribution in [2.75, 3.05) is 26.3 Å². The Morgan fingerprint density at radius 3 is 2.55 bits per heavy atom. The van der Waals surface area contributed by atoms with E-state index in [0.717, 1.165) is 19.6 Å². The summed E-state index contributed by atoms with van der Waals surface area (Å²) in [4.78, 5) is 16.6. The van der Waals surface area contributed by atoms with Crippen molar-refractivity contribution in [2.45, 2.75) is 19.1 Å². The molecule has 4 heteroatoms. The summed E-state index contributed by atoms with van der Waals surface area (Å²) in [6.45, 7) is 9.24. The quantitative estimate of drug-likeness (QED) is 0.784. The van der Waals surface area contributed by atoms with Crippen molar-refractivity contribution < 1.29 is 9.53 Å². The Bertz CT molecular complexity index is 523. The first-order valence-corrected chi connectivity index (χ1v) is 6.98. The lowest BCUT2D eigenvalue weighted by Gasteiger charge is -2.49. The molecule has 0 atom stereocenters. The number of amides is 1. The van der Waals surface area contributed by atoms with Gasteiger partial charge in [-0.1, -0.05) is 36.9 Å². The van der Waals surface area contributed by atoms with E-state index in [2.05, 4.69) is 23.6 Å². The highest BCUT2D eigenvalue weighted by Gasteiger charge is 2.54. The van der Waals surface area contributed by atoms with Crippen molar-refractivity contribution >= 4 is 5.91 Å². The summed E-state index contributed by atoms with van der Waals surface area (Å²) in [5.41, 5.74) is 1.60. The number of rotatable bonds is 3. The average molecular weight is 272 g/mol. The predicted molar refractivity (Wildman–Crippen MR) is 76.9 cm³/mol. The van der Waals surface area contributed by atoms with E-state index >= 15 is 0 Å². The van der Waals surface area contributed by atoms with Crippen LogP contribution in [0.3, 0.4) is 0 Å². The van der Waals surface area contributed by atoms with Crippen LogP contribution in [0.1, 0.15) is 12.5 Å². The number of ether oxygens (including phenoxy) is 1. The van der Waals surface area contributed by atoms with Gasteiger partial charge in [-0.2, -0.15) is 0 Å². The highest BCUT2D eigenvalue weighted by molar-refractivity contribution is 5.93. The molecule has 0 radical (unpaired) electrons. The Balaban J connectivity index is 1.80. The molecule has 106 valence electrons. The fraction of sp³-hybridized carbons (Fsp3) is 0.438. The molecule has 2 fully saturated rings. The molecule has 0 unspecified atom stereocenters. The van der Waals surface area contributed by atoms with Crippen molar-refractivity contribution in [3.05, 3.63) is 48.0 Å². The second kappa shape index (κ2) is 5.04. The smallest absolute Gasteiger partial charge is 0.250 e. The number of carbonyl (C=O) groups excluding carboxylic acids is 1. The Hall–Kier alpha value is -1.65. The van der Waals surface area contributed by atoms with E-state index in [1.165, 1.54) is 5.56 Å². The Kier molecular flexibility index (Phi) is 3.36. The van der Waals surface area contributed by atoms with E-state index in [1.54, 1.807) is 6.92 Å². The summed E-state index contributed by atoms with van der Waals surface area (Å²) in [6, 6.07) is 10.4. The van der Waals surface area contributed by atoms with E-state index in [9.17, 15) is 4.79 Å². The van der Waals surface area contributed by atoms with Crippen LogP contribution in [0.5, 0.6) is 0 Å². The first kappa shape index (κ1) is 13.3. The van der Waals surface area contributed by atoms with Gasteiger partial charge in [-0.25, -0.2) is 0 Å². The van der Waals surface area contributed by atoms with Gasteiger partial charge in [0.1, 0.15) is 5.66 Å². The number of nitrogens with zero attached hydrogens (tertiary/aromatic N) is 2. The van der Waals surface area contributed by atoms with Gasteiger partial charge in [0.2, 0.25) is 0 Å². The summed E-state index contributed by atoms with van der Waals surface area (Å²) in [7, 11) is 0. The van der Waals surface area contributed by atoms with Gasteiger partial charge in [-0.05, 0) is 12.5 Å². The number of benzene rings is 1. The molecule has 0 aromatic heterocycles. The van der Waals surface area contributed by atoms with Gasteiger partial charge < -0.3 is 9.64 Å². The van der Waals surface area contributed by atoms with Crippen LogP contribution in [0.4, 0.5) is 0 Å². The van der Waals surface area contributed by atoms with Crippen molar-refractivity contribution in [3.8, 4) is 0 Å². The summed E-state index contributed by atoms with van der Waals surface area (Å²) >= 11 is 0. The summed E-state index contributed by atoms with van der Waals surface area (Å²) in [6.07, 6.45) is 0. The molecule has 0 saturated carbocycles. The zero-order valence-corrected chi connectivity index (χ0v) is 11.8. The second-order valence-electron chi connectivity index (χ2n) is 5.62. The maximum absolute atomic E-state index is 12.3. The maximum Gasteiger partial charge on any atom is 0.250 e. The fourth-order valence-electron chi connectivity index (χ4n) is 2.98. The van der Waals surface area contributed by atoms with E-state index in [-0.39, 0.29) is 11.6 Å². The van der Waals surface area contributed by atoms with E-state index in [0.29, 0.717) is 18.8 Å². The molecule has 0 N–H and O–H groups in total. The summed E-state index contributed by atoms with van der Waals surface area (Å²) in [5.74, 6) is 0.0452. The third-order valence-electron chi connectivity index (χ3n) is 4.18. The van der Waals surface area contributed by atoms with Gasteiger partial charge in [0.15, 0.2) is 0 Å². The van der Waals surface area contributed by atoms with Gasteiger partial charge in [-0.3, -0.25) is 9.69 Å². The largest absolute Gasteiger partial charge is 0.374 e. The van der Waals surface area contributed by atoms with Crippen LogP contribution in [0.2, 0.25) is 0 Å². The van der Waals surface area contributed by atoms with E-state index in [1.807, 2.05) is 23.1 Å². The molecule has 4 nitrogen and oxygen atoms in total. The molecule has 0 aliphatic carbocycles. The lowest BCUT2D eigenvalue weighted by molar-refractivity contribution is -0.193. The second-order valence-corrected chi connectivity index (χ2v) is 5.62. The van der Waals surface area contributed by atoms with Gasteiger partial charge >= 0.3 is 0 Å². The number of hydrogen-bond donors (Lipinski definition) is 0. The van der Waals surface area contributed by atoms with Crippen LogP contribution in [-0.2, 0) is 16.1 Å². The number of hydrogen-bond acceptors (Lipinski definition) is 3. The molecule has 2 saturated heterocycles. The van der Waals surface area contributed by atoms with Crippen molar-refractivity contribution in [2.24, 2.45) is 0 Å². The number of carbonyl (C=O) groups is 1. The highest BCUT2D eigenvalue weighted by atomic mass is 16.5. The normalized spacial score (nSPS) is 20.9. The summed E-state index contributed by atoms with van der Waals surface area (Å²) in [5, 5.41) is 0. The SMILES string of the molecule is C=C(C)C(=O)N1CCN(Cc2ccccc2)C12COC2. The molecule has 2 aliphatic rings. The molecular formula is C16H20N2O2.